The zero-order valence-corrected chi connectivity index (χ0v) is 7.39. The summed E-state index contributed by atoms with van der Waals surface area (Å²) < 4.78 is 5.32. The molecule has 0 amide bonds. The molecular weight excluding hydrogens is 224 g/mol. The predicted molar refractivity (Wildman–Crippen MR) is 43.0 cm³/mol. The van der Waals surface area contributed by atoms with E-state index < -0.39 is 0 Å². The molecule has 5 nitrogen and oxygen atoms in total. The van der Waals surface area contributed by atoms with Crippen LogP contribution in [0.4, 0.5) is 0 Å². The Hall–Kier alpha value is -1.30. The van der Waals surface area contributed by atoms with Crippen LogP contribution in [0.5, 0.6) is 0 Å². The van der Waals surface area contributed by atoms with Gasteiger partial charge < -0.3 is 4.52 Å². The van der Waals surface area contributed by atoms with Crippen molar-refractivity contribution in [3.05, 3.63) is 23.4 Å². The molecule has 0 aliphatic carbocycles. The van der Waals surface area contributed by atoms with Crippen molar-refractivity contribution in [3.8, 4) is 11.5 Å². The van der Waals surface area contributed by atoms with Gasteiger partial charge in [0, 0.05) is 6.20 Å². The summed E-state index contributed by atoms with van der Waals surface area (Å²) >= 11 is 3.27. The van der Waals surface area contributed by atoms with Crippen LogP contribution in [0.3, 0.4) is 0 Å². The maximum atomic E-state index is 4.58. The number of hydrogen-bond donors (Lipinski definition) is 0. The Morgan fingerprint density at radius 2 is 2.25 bits per heavy atom. The lowest BCUT2D eigenvalue weighted by Gasteiger charge is -1.93. The van der Waals surface area contributed by atoms with E-state index in [1.165, 1.54) is 12.7 Å². The van der Waals surface area contributed by atoms with E-state index in [2.05, 4.69) is 40.6 Å². The summed E-state index contributed by atoms with van der Waals surface area (Å²) in [5.74, 6) is 0.448. The van der Waals surface area contributed by atoms with Crippen molar-refractivity contribution in [3.63, 3.8) is 0 Å². The average molecular weight is 227 g/mol. The maximum absolute atomic E-state index is 4.58. The highest BCUT2D eigenvalue weighted by atomic mass is 79.9. The lowest BCUT2D eigenvalue weighted by molar-refractivity contribution is 0.418. The fourth-order valence-electron chi connectivity index (χ4n) is 0.752. The highest BCUT2D eigenvalue weighted by Gasteiger charge is 2.07. The number of rotatable bonds is 1. The van der Waals surface area contributed by atoms with E-state index in [0.717, 1.165) is 4.47 Å². The fourth-order valence-corrected chi connectivity index (χ4v) is 1.15. The zero-order chi connectivity index (χ0) is 8.39. The minimum atomic E-state index is 0.448. The van der Waals surface area contributed by atoms with Crippen LogP contribution in [0, 0.1) is 0 Å². The Labute approximate surface area is 76.0 Å². The monoisotopic (exact) mass is 226 g/mol. The first-order valence-electron chi connectivity index (χ1n) is 3.10. The van der Waals surface area contributed by atoms with Crippen molar-refractivity contribution in [2.45, 2.75) is 0 Å². The van der Waals surface area contributed by atoms with Crippen LogP contribution < -0.4 is 0 Å². The third-order valence-corrected chi connectivity index (χ3v) is 1.82. The third kappa shape index (κ3) is 1.20. The molecule has 0 aromatic carbocycles. The van der Waals surface area contributed by atoms with Crippen molar-refractivity contribution in [2.75, 3.05) is 0 Å². The molecule has 0 saturated carbocycles. The van der Waals surface area contributed by atoms with Crippen molar-refractivity contribution < 1.29 is 4.52 Å². The molecule has 2 rings (SSSR count). The SMILES string of the molecule is Brc1cncnc1-c1ncon1. The lowest BCUT2D eigenvalue weighted by atomic mass is 10.4. The van der Waals surface area contributed by atoms with Gasteiger partial charge in [0.1, 0.15) is 12.0 Å². The molecule has 0 unspecified atom stereocenters. The first-order valence-corrected chi connectivity index (χ1v) is 3.89. The Kier molecular flexibility index (Phi) is 1.83. The summed E-state index contributed by atoms with van der Waals surface area (Å²) in [5.41, 5.74) is 0.624. The number of nitrogens with zero attached hydrogens (tertiary/aromatic N) is 4. The van der Waals surface area contributed by atoms with Crippen molar-refractivity contribution in [1.29, 1.82) is 0 Å². The van der Waals surface area contributed by atoms with E-state index in [1.54, 1.807) is 6.20 Å². The van der Waals surface area contributed by atoms with E-state index in [-0.39, 0.29) is 0 Å². The molecule has 6 heteroatoms. The summed E-state index contributed by atoms with van der Waals surface area (Å²) in [7, 11) is 0. The Morgan fingerprint density at radius 1 is 1.33 bits per heavy atom. The summed E-state index contributed by atoms with van der Waals surface area (Å²) in [6.07, 6.45) is 4.30. The maximum Gasteiger partial charge on any atom is 0.222 e. The van der Waals surface area contributed by atoms with Gasteiger partial charge in [0.2, 0.25) is 12.2 Å². The molecule has 2 heterocycles. The summed E-state index contributed by atoms with van der Waals surface area (Å²) in [6.45, 7) is 0. The summed E-state index contributed by atoms with van der Waals surface area (Å²) in [6, 6.07) is 0. The van der Waals surface area contributed by atoms with Gasteiger partial charge in [0.15, 0.2) is 0 Å². The molecule has 2 aromatic heterocycles. The highest BCUT2D eigenvalue weighted by Crippen LogP contribution is 2.20. The summed E-state index contributed by atoms with van der Waals surface area (Å²) in [5, 5.41) is 3.64. The van der Waals surface area contributed by atoms with Gasteiger partial charge in [-0.2, -0.15) is 4.98 Å². The highest BCUT2D eigenvalue weighted by molar-refractivity contribution is 9.10. The number of hydrogen-bond acceptors (Lipinski definition) is 5. The van der Waals surface area contributed by atoms with Crippen LogP contribution in [0.15, 0.2) is 27.9 Å². The topological polar surface area (TPSA) is 64.7 Å². The molecule has 0 spiro atoms. The largest absolute Gasteiger partial charge is 0.342 e. The van der Waals surface area contributed by atoms with Crippen LogP contribution >= 0.6 is 15.9 Å². The molecule has 2 aromatic rings. The average Bonchev–Trinajstić information content (AvgIpc) is 2.57. The zero-order valence-electron chi connectivity index (χ0n) is 5.81. The second kappa shape index (κ2) is 2.98. The first-order chi connectivity index (χ1) is 5.88. The summed E-state index contributed by atoms with van der Waals surface area (Å²) in [4.78, 5) is 11.6. The molecule has 0 aliphatic rings. The Morgan fingerprint density at radius 3 is 2.92 bits per heavy atom. The van der Waals surface area contributed by atoms with Gasteiger partial charge in [-0.15, -0.1) is 0 Å². The van der Waals surface area contributed by atoms with Crippen LogP contribution in [0.2, 0.25) is 0 Å². The second-order valence-corrected chi connectivity index (χ2v) is 2.83. The van der Waals surface area contributed by atoms with Crippen LogP contribution in [-0.2, 0) is 0 Å². The molecule has 0 N–H and O–H groups in total. The molecule has 60 valence electrons. The van der Waals surface area contributed by atoms with Gasteiger partial charge in [-0.25, -0.2) is 9.97 Å². The van der Waals surface area contributed by atoms with Gasteiger partial charge in [0.05, 0.1) is 4.47 Å². The van der Waals surface area contributed by atoms with Gasteiger partial charge in [-0.3, -0.25) is 0 Å². The van der Waals surface area contributed by atoms with E-state index in [0.29, 0.717) is 11.5 Å². The Balaban J connectivity index is 2.55. The van der Waals surface area contributed by atoms with Gasteiger partial charge in [-0.05, 0) is 15.9 Å². The van der Waals surface area contributed by atoms with E-state index in [9.17, 15) is 0 Å². The molecule has 0 saturated heterocycles. The van der Waals surface area contributed by atoms with E-state index in [1.807, 2.05) is 0 Å². The van der Waals surface area contributed by atoms with Crippen LogP contribution in [-0.4, -0.2) is 20.1 Å². The molecular formula is C6H3BrN4O. The normalized spacial score (nSPS) is 10.1. The standard InChI is InChI=1S/C6H3BrN4O/c7-4-1-8-2-9-5(4)6-10-3-12-11-6/h1-3H. The number of halogens is 1. The minimum absolute atomic E-state index is 0.448. The predicted octanol–water partition coefficient (Wildman–Crippen LogP) is 1.29. The molecule has 0 bridgehead atoms. The van der Waals surface area contributed by atoms with Crippen molar-refractivity contribution in [1.82, 2.24) is 20.1 Å². The van der Waals surface area contributed by atoms with Crippen LogP contribution in [0.25, 0.3) is 11.5 Å². The fraction of sp³-hybridized carbons (Fsp3) is 0. The lowest BCUT2D eigenvalue weighted by Crippen LogP contribution is -1.87. The van der Waals surface area contributed by atoms with Gasteiger partial charge >= 0.3 is 0 Å². The van der Waals surface area contributed by atoms with Gasteiger partial charge in [-0.1, -0.05) is 5.16 Å². The smallest absolute Gasteiger partial charge is 0.222 e. The first kappa shape index (κ1) is 7.35. The molecule has 0 aliphatic heterocycles. The second-order valence-electron chi connectivity index (χ2n) is 1.97. The molecule has 0 atom stereocenters. The molecule has 0 fully saturated rings. The molecule has 12 heavy (non-hydrogen) atoms. The van der Waals surface area contributed by atoms with Gasteiger partial charge in [0.25, 0.3) is 0 Å². The van der Waals surface area contributed by atoms with Crippen LogP contribution in [0.1, 0.15) is 0 Å². The van der Waals surface area contributed by atoms with Crippen molar-refractivity contribution >= 4 is 15.9 Å². The third-order valence-electron chi connectivity index (χ3n) is 1.24. The Bertz CT molecular complexity index is 375. The van der Waals surface area contributed by atoms with Crippen molar-refractivity contribution in [2.24, 2.45) is 0 Å². The van der Waals surface area contributed by atoms with E-state index in [4.69, 9.17) is 0 Å². The quantitative estimate of drug-likeness (QED) is 0.734. The van der Waals surface area contributed by atoms with E-state index >= 15 is 0 Å². The number of aromatic nitrogens is 4. The minimum Gasteiger partial charge on any atom is -0.342 e. The molecule has 0 radical (unpaired) electrons.